The van der Waals surface area contributed by atoms with Crippen LogP contribution in [0.15, 0.2) is 77.8 Å². The first-order valence-electron chi connectivity index (χ1n) is 25.7. The van der Waals surface area contributed by atoms with Crippen molar-refractivity contribution in [1.82, 2.24) is 19.6 Å². The van der Waals surface area contributed by atoms with Crippen LogP contribution in [-0.4, -0.2) is 100 Å². The molecule has 0 unspecified atom stereocenters. The molecular formula is C54H65N7O10S. The molecule has 382 valence electrons. The molecule has 3 aromatic carbocycles. The number of piperidine rings is 1. The Balaban J connectivity index is 0.840. The Labute approximate surface area is 419 Å². The van der Waals surface area contributed by atoms with Gasteiger partial charge in [-0.3, -0.25) is 19.8 Å². The number of amides is 1. The third kappa shape index (κ3) is 9.58. The van der Waals surface area contributed by atoms with Gasteiger partial charge in [0.1, 0.15) is 24.6 Å². The molecule has 11 rings (SSSR count). The first-order chi connectivity index (χ1) is 34.4. The summed E-state index contributed by atoms with van der Waals surface area (Å²) in [5.41, 5.74) is 2.19. The quantitative estimate of drug-likeness (QED) is 0.0517. The van der Waals surface area contributed by atoms with Gasteiger partial charge in [-0.15, -0.1) is 0 Å². The zero-order valence-electron chi connectivity index (χ0n) is 41.2. The number of nitrogens with zero attached hydrogens (tertiary/aromatic N) is 4. The van der Waals surface area contributed by atoms with Crippen molar-refractivity contribution in [2.45, 2.75) is 138 Å². The van der Waals surface area contributed by atoms with Crippen molar-refractivity contribution in [3.63, 3.8) is 0 Å². The normalized spacial score (nSPS) is 24.8. The van der Waals surface area contributed by atoms with Gasteiger partial charge in [-0.05, 0) is 143 Å². The van der Waals surface area contributed by atoms with Gasteiger partial charge in [-0.25, -0.2) is 13.1 Å². The molecule has 0 bridgehead atoms. The zero-order chi connectivity index (χ0) is 50.2. The third-order valence-electron chi connectivity index (χ3n) is 16.7. The SMILES string of the molecule is CC(C)c1ccccc1[C@@H]1CCCN1C1CC2(CCN(c3ccc(C(=O)NS(=O)(=O)c4cc5c(c([N+](=O)[O-])c4)N[C@@H]([C@H]4CC[C@](C)(O)CC4)CO5)c(Oc4cc5cc[nH]c5nc4OCC4(O)CC4)c3)CC2)C1. The predicted molar refractivity (Wildman–Crippen MR) is 272 cm³/mol. The van der Waals surface area contributed by atoms with Crippen molar-refractivity contribution in [1.29, 1.82) is 0 Å². The van der Waals surface area contributed by atoms with Crippen LogP contribution in [0.5, 0.6) is 23.1 Å². The van der Waals surface area contributed by atoms with Crippen LogP contribution in [-0.2, 0) is 10.0 Å². The van der Waals surface area contributed by atoms with E-state index in [2.05, 4.69) is 67.9 Å². The minimum absolute atomic E-state index is 0.0196. The number of ether oxygens (including phenoxy) is 3. The molecule has 18 heteroatoms. The lowest BCUT2D eigenvalue weighted by Crippen LogP contribution is -2.54. The molecule has 6 aliphatic rings. The van der Waals surface area contributed by atoms with Crippen LogP contribution >= 0.6 is 0 Å². The summed E-state index contributed by atoms with van der Waals surface area (Å²) in [4.78, 5) is 38.5. The summed E-state index contributed by atoms with van der Waals surface area (Å²) in [5, 5.41) is 37.6. The lowest BCUT2D eigenvalue weighted by Gasteiger charge is -2.56. The van der Waals surface area contributed by atoms with Crippen molar-refractivity contribution in [3.8, 4) is 23.1 Å². The number of benzene rings is 3. The van der Waals surface area contributed by atoms with Gasteiger partial charge in [-0.1, -0.05) is 38.1 Å². The van der Waals surface area contributed by atoms with E-state index < -0.39 is 42.6 Å². The number of aromatic amines is 1. The van der Waals surface area contributed by atoms with E-state index in [-0.39, 0.29) is 65.0 Å². The van der Waals surface area contributed by atoms with Crippen molar-refractivity contribution < 1.29 is 42.6 Å². The van der Waals surface area contributed by atoms with E-state index in [0.29, 0.717) is 67.6 Å². The minimum Gasteiger partial charge on any atom is -0.489 e. The molecule has 1 spiro atoms. The molecule has 2 saturated heterocycles. The first kappa shape index (κ1) is 48.3. The number of likely N-dealkylation sites (tertiary alicyclic amines) is 1. The third-order valence-corrected chi connectivity index (χ3v) is 18.0. The fourth-order valence-corrected chi connectivity index (χ4v) is 13.1. The van der Waals surface area contributed by atoms with E-state index in [4.69, 9.17) is 14.2 Å². The van der Waals surface area contributed by atoms with Gasteiger partial charge < -0.3 is 39.6 Å². The first-order valence-corrected chi connectivity index (χ1v) is 27.2. The highest BCUT2D eigenvalue weighted by atomic mass is 32.2. The Bertz CT molecular complexity index is 3000. The Morgan fingerprint density at radius 3 is 2.47 bits per heavy atom. The average molecular weight is 1000 g/mol. The van der Waals surface area contributed by atoms with E-state index >= 15 is 0 Å². The van der Waals surface area contributed by atoms with Crippen molar-refractivity contribution in [2.75, 3.05) is 43.1 Å². The van der Waals surface area contributed by atoms with Gasteiger partial charge in [0.05, 0.1) is 32.6 Å². The molecule has 5 fully saturated rings. The number of carbonyl (C=O) groups is 1. The molecule has 0 radical (unpaired) electrons. The number of nitro benzene ring substituents is 1. The van der Waals surface area contributed by atoms with Crippen LogP contribution in [0.4, 0.5) is 17.1 Å². The molecule has 3 aliphatic carbocycles. The highest BCUT2D eigenvalue weighted by Gasteiger charge is 2.50. The van der Waals surface area contributed by atoms with Crippen molar-refractivity contribution in [2.24, 2.45) is 11.3 Å². The zero-order valence-corrected chi connectivity index (χ0v) is 42.0. The number of aromatic nitrogens is 2. The van der Waals surface area contributed by atoms with Crippen LogP contribution < -0.4 is 29.1 Å². The molecule has 5 N–H and O–H groups in total. The van der Waals surface area contributed by atoms with E-state index in [9.17, 15) is 33.5 Å². The van der Waals surface area contributed by atoms with Crippen LogP contribution in [0.1, 0.15) is 131 Å². The second-order valence-corrected chi connectivity index (χ2v) is 23.8. The summed E-state index contributed by atoms with van der Waals surface area (Å²) in [6.45, 7) is 9.17. The summed E-state index contributed by atoms with van der Waals surface area (Å²) in [6.07, 6.45) is 12.2. The van der Waals surface area contributed by atoms with E-state index in [0.717, 1.165) is 57.1 Å². The highest BCUT2D eigenvalue weighted by Crippen LogP contribution is 2.55. The molecule has 1 amide bonds. The van der Waals surface area contributed by atoms with Gasteiger partial charge in [-0.2, -0.15) is 4.98 Å². The number of nitrogens with one attached hydrogen (secondary N) is 3. The number of H-pyrrole nitrogens is 1. The fourth-order valence-electron chi connectivity index (χ4n) is 12.1. The maximum absolute atomic E-state index is 14.4. The van der Waals surface area contributed by atoms with E-state index in [1.54, 1.807) is 31.3 Å². The molecule has 72 heavy (non-hydrogen) atoms. The van der Waals surface area contributed by atoms with Crippen LogP contribution in [0.25, 0.3) is 11.0 Å². The summed E-state index contributed by atoms with van der Waals surface area (Å²) in [7, 11) is -4.74. The maximum Gasteiger partial charge on any atom is 0.297 e. The van der Waals surface area contributed by atoms with Gasteiger partial charge in [0, 0.05) is 60.6 Å². The van der Waals surface area contributed by atoms with Gasteiger partial charge in [0.2, 0.25) is 0 Å². The summed E-state index contributed by atoms with van der Waals surface area (Å²) >= 11 is 0. The second kappa shape index (κ2) is 18.5. The molecule has 2 aromatic heterocycles. The second-order valence-electron chi connectivity index (χ2n) is 22.1. The molecule has 17 nitrogen and oxygen atoms in total. The van der Waals surface area contributed by atoms with Crippen molar-refractivity contribution in [3.05, 3.63) is 99.7 Å². The fraction of sp³-hybridized carbons (Fsp3) is 0.519. The summed E-state index contributed by atoms with van der Waals surface area (Å²) in [5.74, 6) is -0.211. The highest BCUT2D eigenvalue weighted by molar-refractivity contribution is 7.90. The number of anilines is 2. The van der Waals surface area contributed by atoms with Crippen molar-refractivity contribution >= 4 is 44.0 Å². The summed E-state index contributed by atoms with van der Waals surface area (Å²) in [6, 6.07) is 20.4. The minimum atomic E-state index is -4.74. The molecule has 3 aliphatic heterocycles. The topological polar surface area (TPSA) is 222 Å². The Kier molecular flexibility index (Phi) is 12.4. The maximum atomic E-state index is 14.4. The molecule has 5 aromatic rings. The largest absolute Gasteiger partial charge is 0.489 e. The standard InChI is InChI=1S/C54H65N7O10S/c1-33(2)39-7-4-5-8-40(39)43-9-6-22-60(43)37-29-53(30-37)19-23-59(24-20-53)36-10-11-41(45(26-36)71-47-25-35-14-21-55-49(35)57-51(47)70-32-54(64)17-18-54)50(62)58-72(67,68)38-27-44(61(65)66)48-46(28-38)69-31-42(56-48)34-12-15-52(3,63)16-13-34/h4-5,7-8,10-11,14,21,25-28,33-34,37,42-43,56,63-64H,6,9,12-13,15-20,22-24,29-32H2,1-3H3,(H,55,57)(H,58,62)/t34-,42-,43+,52-/m1/s1. The summed E-state index contributed by atoms with van der Waals surface area (Å²) < 4.78 is 49.1. The lowest BCUT2D eigenvalue weighted by molar-refractivity contribution is -0.384. The molecular weight excluding hydrogens is 939 g/mol. The van der Waals surface area contributed by atoms with E-state index in [1.807, 2.05) is 6.07 Å². The predicted octanol–water partition coefficient (Wildman–Crippen LogP) is 9.11. The number of hydrogen-bond donors (Lipinski definition) is 5. The lowest BCUT2D eigenvalue weighted by atomic mass is 9.59. The van der Waals surface area contributed by atoms with Gasteiger partial charge in [0.15, 0.2) is 17.2 Å². The number of hydrogen-bond acceptors (Lipinski definition) is 14. The van der Waals surface area contributed by atoms with Crippen LogP contribution in [0.3, 0.4) is 0 Å². The number of nitro groups is 1. The number of aliphatic hydroxyl groups is 2. The van der Waals surface area contributed by atoms with Crippen LogP contribution in [0.2, 0.25) is 0 Å². The van der Waals surface area contributed by atoms with Crippen LogP contribution in [0, 0.1) is 21.4 Å². The number of rotatable bonds is 14. The Morgan fingerprint density at radius 1 is 0.972 bits per heavy atom. The number of fused-ring (bicyclic) bond motifs is 2. The van der Waals surface area contributed by atoms with E-state index in [1.165, 1.54) is 36.1 Å². The molecule has 3 saturated carbocycles. The smallest absolute Gasteiger partial charge is 0.297 e. The number of carbonyl (C=O) groups excluding carboxylic acids is 1. The Hall–Kier alpha value is -5.95. The average Bonchev–Trinajstić information content (AvgIpc) is 3.65. The van der Waals surface area contributed by atoms with Gasteiger partial charge >= 0.3 is 0 Å². The molecule has 5 heterocycles. The monoisotopic (exact) mass is 1000 g/mol. The Morgan fingerprint density at radius 2 is 1.74 bits per heavy atom. The number of sulfonamides is 1. The number of pyridine rings is 1. The van der Waals surface area contributed by atoms with Gasteiger partial charge in [0.25, 0.3) is 27.5 Å². The molecule has 2 atom stereocenters.